The van der Waals surface area contributed by atoms with Crippen molar-refractivity contribution in [3.63, 3.8) is 0 Å². The monoisotopic (exact) mass is 267 g/mol. The van der Waals surface area contributed by atoms with Crippen LogP contribution in [0.1, 0.15) is 20.2 Å². The summed E-state index contributed by atoms with van der Waals surface area (Å²) in [5.41, 5.74) is -0.103. The quantitative estimate of drug-likeness (QED) is 0.925. The highest BCUT2D eigenvalue weighted by Crippen LogP contribution is 2.21. The topological polar surface area (TPSA) is 59.4 Å². The first-order valence-electron chi connectivity index (χ1n) is 5.13. The van der Waals surface area contributed by atoms with Gasteiger partial charge >= 0.3 is 5.97 Å². The number of ether oxygens (including phenoxy) is 1. The Balaban J connectivity index is 2.08. The van der Waals surface area contributed by atoms with E-state index in [1.54, 1.807) is 6.20 Å². The molecule has 0 atom stereocenters. The van der Waals surface area contributed by atoms with Crippen molar-refractivity contribution in [1.29, 1.82) is 0 Å². The summed E-state index contributed by atoms with van der Waals surface area (Å²) in [6.07, 6.45) is 1.67. The molecule has 0 amide bonds. The Morgan fingerprint density at radius 3 is 2.89 bits per heavy atom. The molecule has 4 nitrogen and oxygen atoms in total. The molecule has 0 aliphatic carbocycles. The van der Waals surface area contributed by atoms with E-state index in [4.69, 9.17) is 9.84 Å². The van der Waals surface area contributed by atoms with Crippen molar-refractivity contribution >= 4 is 17.3 Å². The van der Waals surface area contributed by atoms with Crippen molar-refractivity contribution in [2.24, 2.45) is 0 Å². The number of halogens is 1. The number of carbonyl (C=O) groups is 1. The van der Waals surface area contributed by atoms with Crippen molar-refractivity contribution in [2.75, 3.05) is 0 Å². The molecular weight excluding hydrogens is 257 g/mol. The summed E-state index contributed by atoms with van der Waals surface area (Å²) in [4.78, 5) is 15.6. The lowest BCUT2D eigenvalue weighted by Crippen LogP contribution is -2.00. The minimum atomic E-state index is -1.17. The smallest absolute Gasteiger partial charge is 0.335 e. The molecule has 1 N–H and O–H groups in total. The Morgan fingerprint density at radius 1 is 1.56 bits per heavy atom. The van der Waals surface area contributed by atoms with E-state index in [1.807, 2.05) is 6.92 Å². The summed E-state index contributed by atoms with van der Waals surface area (Å²) in [5.74, 6) is -1.82. The molecule has 0 bridgehead atoms. The van der Waals surface area contributed by atoms with Crippen LogP contribution in [0.2, 0.25) is 0 Å². The average Bonchev–Trinajstić information content (AvgIpc) is 2.73. The first kappa shape index (κ1) is 12.5. The van der Waals surface area contributed by atoms with Crippen LogP contribution in [0.25, 0.3) is 0 Å². The van der Waals surface area contributed by atoms with Crippen molar-refractivity contribution in [3.05, 3.63) is 45.7 Å². The molecule has 1 heterocycles. The highest BCUT2D eigenvalue weighted by atomic mass is 32.1. The zero-order chi connectivity index (χ0) is 13.1. The van der Waals surface area contributed by atoms with Gasteiger partial charge in [-0.3, -0.25) is 0 Å². The number of aromatic nitrogens is 1. The van der Waals surface area contributed by atoms with Crippen molar-refractivity contribution < 1.29 is 19.0 Å². The highest BCUT2D eigenvalue weighted by molar-refractivity contribution is 7.11. The summed E-state index contributed by atoms with van der Waals surface area (Å²) in [6.45, 7) is 2.09. The van der Waals surface area contributed by atoms with E-state index in [2.05, 4.69) is 4.98 Å². The van der Waals surface area contributed by atoms with E-state index in [0.29, 0.717) is 0 Å². The van der Waals surface area contributed by atoms with Gasteiger partial charge in [0.25, 0.3) is 0 Å². The third-order valence-corrected chi connectivity index (χ3v) is 3.10. The summed E-state index contributed by atoms with van der Waals surface area (Å²) < 4.78 is 18.8. The molecular formula is C12H10FNO3S. The summed E-state index contributed by atoms with van der Waals surface area (Å²) in [5, 5.41) is 9.61. The van der Waals surface area contributed by atoms with Gasteiger partial charge in [0.15, 0.2) is 11.6 Å². The van der Waals surface area contributed by atoms with Gasteiger partial charge in [-0.05, 0) is 25.1 Å². The second-order valence-electron chi connectivity index (χ2n) is 3.58. The van der Waals surface area contributed by atoms with E-state index in [9.17, 15) is 9.18 Å². The molecule has 0 aliphatic rings. The summed E-state index contributed by atoms with van der Waals surface area (Å²) >= 11 is 1.47. The van der Waals surface area contributed by atoms with Gasteiger partial charge in [-0.25, -0.2) is 14.2 Å². The lowest BCUT2D eigenvalue weighted by molar-refractivity contribution is 0.0696. The number of nitrogens with zero attached hydrogens (tertiary/aromatic N) is 1. The molecule has 1 aromatic heterocycles. The molecule has 0 saturated carbocycles. The van der Waals surface area contributed by atoms with Crippen LogP contribution < -0.4 is 4.74 Å². The molecule has 0 radical (unpaired) electrons. The Kier molecular flexibility index (Phi) is 3.57. The number of rotatable bonds is 4. The van der Waals surface area contributed by atoms with E-state index in [0.717, 1.165) is 16.0 Å². The molecule has 18 heavy (non-hydrogen) atoms. The van der Waals surface area contributed by atoms with E-state index in [-0.39, 0.29) is 17.9 Å². The third-order valence-electron chi connectivity index (χ3n) is 2.22. The fourth-order valence-electron chi connectivity index (χ4n) is 1.37. The fourth-order valence-corrected chi connectivity index (χ4v) is 2.08. The maximum atomic E-state index is 13.5. The Labute approximate surface area is 107 Å². The zero-order valence-corrected chi connectivity index (χ0v) is 10.3. The van der Waals surface area contributed by atoms with Crippen LogP contribution >= 0.6 is 11.3 Å². The van der Waals surface area contributed by atoms with Gasteiger partial charge in [0.1, 0.15) is 6.61 Å². The number of benzene rings is 1. The molecule has 6 heteroatoms. The van der Waals surface area contributed by atoms with Crippen LogP contribution in [0.5, 0.6) is 5.75 Å². The molecule has 0 aliphatic heterocycles. The predicted molar refractivity (Wildman–Crippen MR) is 64.5 cm³/mol. The molecule has 94 valence electrons. The SMILES string of the molecule is Cc1ncc(COc2ccc(C(=O)O)cc2F)s1. The Bertz CT molecular complexity index is 582. The van der Waals surface area contributed by atoms with Gasteiger partial charge in [0, 0.05) is 6.20 Å². The molecule has 2 rings (SSSR count). The lowest BCUT2D eigenvalue weighted by Gasteiger charge is -2.06. The molecule has 0 saturated heterocycles. The molecule has 0 spiro atoms. The van der Waals surface area contributed by atoms with Gasteiger partial charge < -0.3 is 9.84 Å². The summed E-state index contributed by atoms with van der Waals surface area (Å²) in [7, 11) is 0. The number of carboxylic acid groups (broad SMARTS) is 1. The largest absolute Gasteiger partial charge is 0.485 e. The minimum absolute atomic E-state index is 0.0334. The predicted octanol–water partition coefficient (Wildman–Crippen LogP) is 2.87. The second kappa shape index (κ2) is 5.14. The van der Waals surface area contributed by atoms with Crippen molar-refractivity contribution in [3.8, 4) is 5.75 Å². The van der Waals surface area contributed by atoms with Gasteiger partial charge in [0.2, 0.25) is 0 Å². The highest BCUT2D eigenvalue weighted by Gasteiger charge is 2.09. The number of hydrogen-bond donors (Lipinski definition) is 1. The average molecular weight is 267 g/mol. The fraction of sp³-hybridized carbons (Fsp3) is 0.167. The normalized spacial score (nSPS) is 10.3. The number of aromatic carboxylic acids is 1. The van der Waals surface area contributed by atoms with E-state index in [1.165, 1.54) is 23.5 Å². The summed E-state index contributed by atoms with van der Waals surface area (Å²) in [6, 6.07) is 3.56. The first-order chi connectivity index (χ1) is 8.56. The minimum Gasteiger partial charge on any atom is -0.485 e. The van der Waals surface area contributed by atoms with Crippen molar-refractivity contribution in [1.82, 2.24) is 4.98 Å². The van der Waals surface area contributed by atoms with Crippen LogP contribution in [0, 0.1) is 12.7 Å². The maximum Gasteiger partial charge on any atom is 0.335 e. The zero-order valence-electron chi connectivity index (χ0n) is 9.51. The van der Waals surface area contributed by atoms with Crippen LogP contribution in [0.15, 0.2) is 24.4 Å². The van der Waals surface area contributed by atoms with E-state index >= 15 is 0 Å². The third kappa shape index (κ3) is 2.84. The molecule has 0 fully saturated rings. The van der Waals surface area contributed by atoms with E-state index < -0.39 is 11.8 Å². The Hall–Kier alpha value is -1.95. The Morgan fingerprint density at radius 2 is 2.33 bits per heavy atom. The lowest BCUT2D eigenvalue weighted by atomic mass is 10.2. The number of thiazole rings is 1. The molecule has 0 unspecified atom stereocenters. The van der Waals surface area contributed by atoms with Gasteiger partial charge in [-0.15, -0.1) is 11.3 Å². The molecule has 1 aromatic carbocycles. The van der Waals surface area contributed by atoms with Crippen LogP contribution in [0.3, 0.4) is 0 Å². The van der Waals surface area contributed by atoms with Gasteiger partial charge in [-0.1, -0.05) is 0 Å². The second-order valence-corrected chi connectivity index (χ2v) is 4.90. The standard InChI is InChI=1S/C12H10FNO3S/c1-7-14-5-9(18-7)6-17-11-3-2-8(12(15)16)4-10(11)13/h2-5H,6H2,1H3,(H,15,16). The van der Waals surface area contributed by atoms with Gasteiger partial charge in [0.05, 0.1) is 15.4 Å². The molecule has 2 aromatic rings. The van der Waals surface area contributed by atoms with Gasteiger partial charge in [-0.2, -0.15) is 0 Å². The number of aryl methyl sites for hydroxylation is 1. The number of hydrogen-bond acceptors (Lipinski definition) is 4. The maximum absolute atomic E-state index is 13.5. The number of carboxylic acids is 1. The van der Waals surface area contributed by atoms with Crippen LogP contribution in [0.4, 0.5) is 4.39 Å². The first-order valence-corrected chi connectivity index (χ1v) is 5.95. The van der Waals surface area contributed by atoms with Crippen LogP contribution in [-0.2, 0) is 6.61 Å². The van der Waals surface area contributed by atoms with Crippen LogP contribution in [-0.4, -0.2) is 16.1 Å². The van der Waals surface area contributed by atoms with Crippen molar-refractivity contribution in [2.45, 2.75) is 13.5 Å².